The summed E-state index contributed by atoms with van der Waals surface area (Å²) in [6.07, 6.45) is -5.45. The molecule has 1 aliphatic rings. The van der Waals surface area contributed by atoms with Gasteiger partial charge in [0.2, 0.25) is 0 Å². The lowest BCUT2D eigenvalue weighted by atomic mass is 9.82. The van der Waals surface area contributed by atoms with Gasteiger partial charge in [-0.1, -0.05) is 103 Å². The van der Waals surface area contributed by atoms with Crippen molar-refractivity contribution < 1.29 is 63.3 Å². The molecule has 0 aliphatic carbocycles. The zero-order valence-corrected chi connectivity index (χ0v) is 37.6. The first kappa shape index (κ1) is 50.6. The summed E-state index contributed by atoms with van der Waals surface area (Å²) in [4.78, 5) is 52.4. The number of esters is 1. The second-order valence-corrected chi connectivity index (χ2v) is 16.6. The average molecular weight is 937 g/mol. The highest BCUT2D eigenvalue weighted by Gasteiger charge is 2.43. The predicted molar refractivity (Wildman–Crippen MR) is 250 cm³/mol. The monoisotopic (exact) mass is 936 g/mol. The lowest BCUT2D eigenvalue weighted by Gasteiger charge is -2.39. The van der Waals surface area contributed by atoms with Gasteiger partial charge in [0.1, 0.15) is 36.5 Å². The molecular weight excluding hydrogens is 881 g/mol. The number of hydrogen-bond acceptors (Lipinski definition) is 14. The van der Waals surface area contributed by atoms with Crippen molar-refractivity contribution in [3.05, 3.63) is 178 Å². The molecule has 0 radical (unpaired) electrons. The highest BCUT2D eigenvalue weighted by Crippen LogP contribution is 2.35. The Hall–Kier alpha value is -5.79. The summed E-state index contributed by atoms with van der Waals surface area (Å²) < 4.78 is 28.0. The van der Waals surface area contributed by atoms with Crippen LogP contribution in [0.2, 0.25) is 0 Å². The number of amides is 2. The molecule has 1 heterocycles. The van der Waals surface area contributed by atoms with Crippen molar-refractivity contribution in [3.8, 4) is 0 Å². The number of hydrogen-bond donors (Lipinski definition) is 6. The van der Waals surface area contributed by atoms with E-state index in [0.29, 0.717) is 67.4 Å². The van der Waals surface area contributed by atoms with Gasteiger partial charge in [0.05, 0.1) is 51.8 Å². The third kappa shape index (κ3) is 14.6. The molecule has 2 amide bonds. The van der Waals surface area contributed by atoms with Gasteiger partial charge in [-0.3, -0.25) is 14.4 Å². The number of nitrogens with one attached hydrogen (secondary N) is 2. The summed E-state index contributed by atoms with van der Waals surface area (Å²) in [7, 11) is 0. The van der Waals surface area contributed by atoms with Crippen LogP contribution >= 0.6 is 11.8 Å². The Kier molecular flexibility index (Phi) is 20.0. The molecule has 1 fully saturated rings. The maximum absolute atomic E-state index is 13.8. The molecule has 6 rings (SSSR count). The van der Waals surface area contributed by atoms with E-state index in [1.807, 2.05) is 66.7 Å². The molecule has 5 aromatic rings. The molecule has 0 bridgehead atoms. The van der Waals surface area contributed by atoms with Crippen LogP contribution in [0.3, 0.4) is 0 Å². The Morgan fingerprint density at radius 1 is 0.567 bits per heavy atom. The Morgan fingerprint density at radius 3 is 1.63 bits per heavy atom. The van der Waals surface area contributed by atoms with E-state index in [9.17, 15) is 39.6 Å². The molecular formula is C51H56N2O13S. The third-order valence-electron chi connectivity index (χ3n) is 10.8. The molecule has 1 aliphatic heterocycles. The molecule has 1 saturated heterocycles. The number of thioether (sulfide) groups is 1. The normalized spacial score (nSPS) is 18.0. The average Bonchev–Trinajstić information content (AvgIpc) is 3.37. The lowest BCUT2D eigenvalue weighted by molar-refractivity contribution is -0.205. The molecule has 5 aromatic carbocycles. The standard InChI is InChI=1S/C51H56N2O13S/c54-33-42-45(56)46(57)47(58)51(66-42)67-31-30-65-50(61)40-21-20-39(32-41(40)43(34-10-4-1-5-11-34)35-12-6-2-7-13-35)49(60)53-23-25-63-27-29-64-28-26-62-24-22-52-48(59)38-18-16-37(17-19-38)44(55)36-14-8-3-9-15-36/h1-21,32,42-43,45-47,51,54,56-58H,22-31,33H2,(H,52,59)(H,53,60)/t42-,45+,46+,47-,51+/m1/s1. The van der Waals surface area contributed by atoms with Crippen LogP contribution in [-0.4, -0.2) is 146 Å². The van der Waals surface area contributed by atoms with Crippen LogP contribution < -0.4 is 10.6 Å². The van der Waals surface area contributed by atoms with Crippen LogP contribution in [0.25, 0.3) is 0 Å². The van der Waals surface area contributed by atoms with Crippen molar-refractivity contribution in [1.29, 1.82) is 0 Å². The van der Waals surface area contributed by atoms with Gasteiger partial charge in [0.15, 0.2) is 5.78 Å². The van der Waals surface area contributed by atoms with Crippen LogP contribution in [0.4, 0.5) is 0 Å². The Labute approximate surface area is 393 Å². The largest absolute Gasteiger partial charge is 0.461 e. The number of benzene rings is 5. The summed E-state index contributed by atoms with van der Waals surface area (Å²) in [6.45, 7) is 1.65. The molecule has 16 heteroatoms. The first-order chi connectivity index (χ1) is 32.7. The van der Waals surface area contributed by atoms with Gasteiger partial charge >= 0.3 is 5.97 Å². The van der Waals surface area contributed by atoms with E-state index < -0.39 is 48.3 Å². The van der Waals surface area contributed by atoms with E-state index in [1.165, 1.54) is 0 Å². The number of carbonyl (C=O) groups is 4. The van der Waals surface area contributed by atoms with E-state index >= 15 is 0 Å². The fraction of sp³-hybridized carbons (Fsp3) is 0.333. The van der Waals surface area contributed by atoms with E-state index in [2.05, 4.69) is 10.6 Å². The smallest absolute Gasteiger partial charge is 0.338 e. The van der Waals surface area contributed by atoms with Gasteiger partial charge in [0.25, 0.3) is 11.8 Å². The molecule has 67 heavy (non-hydrogen) atoms. The molecule has 0 saturated carbocycles. The van der Waals surface area contributed by atoms with Gasteiger partial charge < -0.3 is 54.7 Å². The minimum absolute atomic E-state index is 0.0824. The highest BCUT2D eigenvalue weighted by atomic mass is 32.2. The first-order valence-electron chi connectivity index (χ1n) is 22.0. The molecule has 15 nitrogen and oxygen atoms in total. The quantitative estimate of drug-likeness (QED) is 0.0211. The van der Waals surface area contributed by atoms with Crippen molar-refractivity contribution in [3.63, 3.8) is 0 Å². The summed E-state index contributed by atoms with van der Waals surface area (Å²) >= 11 is 1.07. The number of aliphatic hydroxyl groups is 4. The Bertz CT molecular complexity index is 2280. The summed E-state index contributed by atoms with van der Waals surface area (Å²) in [5.41, 5.74) is 3.48. The van der Waals surface area contributed by atoms with Gasteiger partial charge in [-0.25, -0.2) is 4.79 Å². The van der Waals surface area contributed by atoms with Crippen LogP contribution in [0.5, 0.6) is 0 Å². The van der Waals surface area contributed by atoms with Gasteiger partial charge in [-0.15, -0.1) is 11.8 Å². The SMILES string of the molecule is O=C(NCCOCCOCCOCCNC(=O)c1ccc(C(=O)OCCS[C@@H]2O[C@H](CO)[C@H](O)[C@H](O)[C@H]2O)c(C(c2ccccc2)c2ccccc2)c1)c1ccc(C(=O)c2ccccc2)cc1. The second kappa shape index (κ2) is 26.5. The van der Waals surface area contributed by atoms with Crippen LogP contribution in [0.1, 0.15) is 69.6 Å². The van der Waals surface area contributed by atoms with Crippen LogP contribution in [0.15, 0.2) is 133 Å². The molecule has 0 aromatic heterocycles. The summed E-state index contributed by atoms with van der Waals surface area (Å²) in [5.74, 6) is -1.63. The molecule has 6 N–H and O–H groups in total. The molecule has 354 valence electrons. The van der Waals surface area contributed by atoms with Gasteiger partial charge in [-0.2, -0.15) is 0 Å². The number of rotatable bonds is 25. The summed E-state index contributed by atoms with van der Waals surface area (Å²) in [6, 6.07) is 39.5. The fourth-order valence-electron chi connectivity index (χ4n) is 7.30. The number of aliphatic hydroxyl groups excluding tert-OH is 4. The van der Waals surface area contributed by atoms with E-state index in [0.717, 1.165) is 22.9 Å². The number of ether oxygens (including phenoxy) is 5. The third-order valence-corrected chi connectivity index (χ3v) is 11.9. The Balaban J connectivity index is 0.921. The fourth-order valence-corrected chi connectivity index (χ4v) is 8.29. The predicted octanol–water partition coefficient (Wildman–Crippen LogP) is 4.00. The maximum atomic E-state index is 13.8. The Morgan fingerprint density at radius 2 is 1.06 bits per heavy atom. The van der Waals surface area contributed by atoms with Crippen molar-refractivity contribution >= 4 is 35.3 Å². The topological polar surface area (TPSA) is 219 Å². The van der Waals surface area contributed by atoms with Crippen molar-refractivity contribution in [2.75, 3.05) is 71.7 Å². The van der Waals surface area contributed by atoms with Crippen LogP contribution in [-0.2, 0) is 23.7 Å². The minimum atomic E-state index is -1.51. The van der Waals surface area contributed by atoms with Gasteiger partial charge in [0, 0.05) is 47.0 Å². The maximum Gasteiger partial charge on any atom is 0.338 e. The zero-order valence-electron chi connectivity index (χ0n) is 36.8. The molecule has 0 unspecified atom stereocenters. The summed E-state index contributed by atoms with van der Waals surface area (Å²) in [5, 5.41) is 45.8. The first-order valence-corrected chi connectivity index (χ1v) is 23.0. The lowest BCUT2D eigenvalue weighted by Crippen LogP contribution is -2.57. The number of ketones is 1. The van der Waals surface area contributed by atoms with Crippen molar-refractivity contribution in [1.82, 2.24) is 10.6 Å². The van der Waals surface area contributed by atoms with E-state index in [-0.39, 0.29) is 48.7 Å². The molecule has 0 spiro atoms. The highest BCUT2D eigenvalue weighted by molar-refractivity contribution is 7.99. The van der Waals surface area contributed by atoms with Crippen molar-refractivity contribution in [2.24, 2.45) is 0 Å². The molecule has 5 atom stereocenters. The second-order valence-electron chi connectivity index (χ2n) is 15.4. The van der Waals surface area contributed by atoms with Gasteiger partial charge in [-0.05, 0) is 47.0 Å². The van der Waals surface area contributed by atoms with Crippen molar-refractivity contribution in [2.45, 2.75) is 35.8 Å². The zero-order chi connectivity index (χ0) is 47.4. The van der Waals surface area contributed by atoms with Crippen LogP contribution in [0, 0.1) is 0 Å². The van der Waals surface area contributed by atoms with E-state index in [4.69, 9.17) is 23.7 Å². The minimum Gasteiger partial charge on any atom is -0.461 e. The number of carbonyl (C=O) groups excluding carboxylic acids is 4. The van der Waals surface area contributed by atoms with E-state index in [1.54, 1.807) is 66.7 Å².